The van der Waals surface area contributed by atoms with Gasteiger partial charge in [0, 0.05) is 17.1 Å². The average molecular weight is 314 g/mol. The summed E-state index contributed by atoms with van der Waals surface area (Å²) >= 11 is 4.89. The Bertz CT molecular complexity index is 617. The smallest absolute Gasteiger partial charge is 0.335 e. The third-order valence-electron chi connectivity index (χ3n) is 2.20. The SMILES string of the molecule is O=C(O)c1ccn(Cc2ccc(Br)s2)c(=O)c1. The molecule has 0 spiro atoms. The van der Waals surface area contributed by atoms with Crippen LogP contribution in [-0.4, -0.2) is 15.6 Å². The van der Waals surface area contributed by atoms with E-state index in [0.29, 0.717) is 6.54 Å². The van der Waals surface area contributed by atoms with E-state index in [9.17, 15) is 9.59 Å². The van der Waals surface area contributed by atoms with Crippen LogP contribution in [0.15, 0.2) is 39.0 Å². The molecular formula is C11H8BrNO3S. The van der Waals surface area contributed by atoms with Crippen LogP contribution in [0.5, 0.6) is 0 Å². The van der Waals surface area contributed by atoms with Crippen LogP contribution in [0.2, 0.25) is 0 Å². The Balaban J connectivity index is 2.28. The standard InChI is InChI=1S/C11H8BrNO3S/c12-9-2-1-8(17-9)6-13-4-3-7(11(15)16)5-10(13)14/h1-5H,6H2,(H,15,16). The number of nitrogens with zero attached hydrogens (tertiary/aromatic N) is 1. The van der Waals surface area contributed by atoms with Gasteiger partial charge in [0.2, 0.25) is 0 Å². The predicted octanol–water partition coefficient (Wildman–Crippen LogP) is 2.42. The van der Waals surface area contributed by atoms with Crippen molar-refractivity contribution in [2.24, 2.45) is 0 Å². The molecule has 88 valence electrons. The lowest BCUT2D eigenvalue weighted by molar-refractivity contribution is 0.0696. The lowest BCUT2D eigenvalue weighted by Crippen LogP contribution is -2.20. The van der Waals surface area contributed by atoms with E-state index in [1.54, 1.807) is 11.3 Å². The minimum absolute atomic E-state index is 0.0126. The maximum absolute atomic E-state index is 11.6. The summed E-state index contributed by atoms with van der Waals surface area (Å²) in [6.07, 6.45) is 1.50. The van der Waals surface area contributed by atoms with Crippen LogP contribution in [-0.2, 0) is 6.54 Å². The van der Waals surface area contributed by atoms with Gasteiger partial charge in [0.15, 0.2) is 0 Å². The molecule has 0 atom stereocenters. The van der Waals surface area contributed by atoms with Crippen LogP contribution in [0, 0.1) is 0 Å². The monoisotopic (exact) mass is 313 g/mol. The lowest BCUT2D eigenvalue weighted by atomic mass is 10.3. The summed E-state index contributed by atoms with van der Waals surface area (Å²) in [6.45, 7) is 0.453. The predicted molar refractivity (Wildman–Crippen MR) is 68.8 cm³/mol. The van der Waals surface area contributed by atoms with Crippen LogP contribution in [0.4, 0.5) is 0 Å². The Kier molecular flexibility index (Phi) is 3.44. The van der Waals surface area contributed by atoms with Gasteiger partial charge < -0.3 is 9.67 Å². The number of aromatic nitrogens is 1. The van der Waals surface area contributed by atoms with Crippen molar-refractivity contribution in [1.29, 1.82) is 0 Å². The second-order valence-electron chi connectivity index (χ2n) is 3.39. The first-order valence-electron chi connectivity index (χ1n) is 4.74. The highest BCUT2D eigenvalue weighted by Gasteiger charge is 2.06. The molecule has 17 heavy (non-hydrogen) atoms. The van der Waals surface area contributed by atoms with E-state index in [1.807, 2.05) is 12.1 Å². The Morgan fingerprint density at radius 2 is 2.18 bits per heavy atom. The van der Waals surface area contributed by atoms with E-state index in [1.165, 1.54) is 16.8 Å². The molecule has 0 saturated carbocycles. The van der Waals surface area contributed by atoms with Crippen molar-refractivity contribution in [1.82, 2.24) is 4.57 Å². The number of rotatable bonds is 3. The van der Waals surface area contributed by atoms with Gasteiger partial charge in [-0.25, -0.2) is 4.79 Å². The Hall–Kier alpha value is -1.40. The average Bonchev–Trinajstić information content (AvgIpc) is 2.67. The van der Waals surface area contributed by atoms with E-state index in [-0.39, 0.29) is 11.1 Å². The third-order valence-corrected chi connectivity index (χ3v) is 3.81. The molecule has 0 aliphatic carbocycles. The van der Waals surface area contributed by atoms with Gasteiger partial charge in [-0.1, -0.05) is 0 Å². The zero-order chi connectivity index (χ0) is 12.4. The van der Waals surface area contributed by atoms with Crippen molar-refractivity contribution >= 4 is 33.2 Å². The summed E-state index contributed by atoms with van der Waals surface area (Å²) in [5.41, 5.74) is -0.298. The van der Waals surface area contributed by atoms with Crippen LogP contribution in [0.1, 0.15) is 15.2 Å². The summed E-state index contributed by atoms with van der Waals surface area (Å²) in [7, 11) is 0. The normalized spacial score (nSPS) is 10.4. The second-order valence-corrected chi connectivity index (χ2v) is 5.94. The van der Waals surface area contributed by atoms with E-state index < -0.39 is 5.97 Å². The van der Waals surface area contributed by atoms with Crippen LogP contribution in [0.25, 0.3) is 0 Å². The van der Waals surface area contributed by atoms with Gasteiger partial charge in [-0.2, -0.15) is 0 Å². The summed E-state index contributed by atoms with van der Waals surface area (Å²) < 4.78 is 2.48. The van der Waals surface area contributed by atoms with Gasteiger partial charge in [-0.15, -0.1) is 11.3 Å². The second kappa shape index (κ2) is 4.85. The first-order chi connectivity index (χ1) is 8.06. The molecule has 2 rings (SSSR count). The van der Waals surface area contributed by atoms with Gasteiger partial charge in [-0.3, -0.25) is 4.79 Å². The van der Waals surface area contributed by atoms with Crippen molar-refractivity contribution in [2.75, 3.05) is 0 Å². The molecule has 0 amide bonds. The first-order valence-corrected chi connectivity index (χ1v) is 6.35. The fourth-order valence-electron chi connectivity index (χ4n) is 1.38. The summed E-state index contributed by atoms with van der Waals surface area (Å²) in [5.74, 6) is -1.09. The highest BCUT2D eigenvalue weighted by Crippen LogP contribution is 2.22. The molecule has 0 fully saturated rings. The molecule has 0 unspecified atom stereocenters. The maximum atomic E-state index is 11.6. The number of hydrogen-bond donors (Lipinski definition) is 1. The number of pyridine rings is 1. The van der Waals surface area contributed by atoms with E-state index in [2.05, 4.69) is 15.9 Å². The number of carboxylic acid groups (broad SMARTS) is 1. The molecule has 4 nitrogen and oxygen atoms in total. The molecule has 0 aliphatic heterocycles. The number of hydrogen-bond acceptors (Lipinski definition) is 3. The number of aromatic carboxylic acids is 1. The minimum Gasteiger partial charge on any atom is -0.478 e. The van der Waals surface area contributed by atoms with Crippen LogP contribution >= 0.6 is 27.3 Å². The molecule has 1 N–H and O–H groups in total. The maximum Gasteiger partial charge on any atom is 0.335 e. The van der Waals surface area contributed by atoms with Crippen molar-refractivity contribution in [2.45, 2.75) is 6.54 Å². The number of carboxylic acids is 1. The van der Waals surface area contributed by atoms with Gasteiger partial charge in [0.1, 0.15) is 0 Å². The highest BCUT2D eigenvalue weighted by molar-refractivity contribution is 9.11. The number of carbonyl (C=O) groups is 1. The molecule has 2 aromatic heterocycles. The van der Waals surface area contributed by atoms with Crippen LogP contribution < -0.4 is 5.56 Å². The number of thiophene rings is 1. The molecule has 0 aromatic carbocycles. The Morgan fingerprint density at radius 1 is 1.41 bits per heavy atom. The van der Waals surface area contributed by atoms with Crippen molar-refractivity contribution in [3.63, 3.8) is 0 Å². The zero-order valence-corrected chi connectivity index (χ0v) is 11.0. The first kappa shape index (κ1) is 12.1. The quantitative estimate of drug-likeness (QED) is 0.946. The summed E-state index contributed by atoms with van der Waals surface area (Å²) in [4.78, 5) is 23.4. The minimum atomic E-state index is -1.09. The Morgan fingerprint density at radius 3 is 2.71 bits per heavy atom. The molecule has 2 heterocycles. The van der Waals surface area contributed by atoms with Gasteiger partial charge >= 0.3 is 5.97 Å². The topological polar surface area (TPSA) is 59.3 Å². The molecule has 0 aliphatic rings. The third kappa shape index (κ3) is 2.83. The van der Waals surface area contributed by atoms with Gasteiger partial charge in [0.25, 0.3) is 5.56 Å². The van der Waals surface area contributed by atoms with E-state index >= 15 is 0 Å². The lowest BCUT2D eigenvalue weighted by Gasteiger charge is -2.03. The fourth-order valence-corrected chi connectivity index (χ4v) is 2.86. The molecular weight excluding hydrogens is 306 g/mol. The molecule has 0 radical (unpaired) electrons. The zero-order valence-electron chi connectivity index (χ0n) is 8.59. The van der Waals surface area contributed by atoms with Gasteiger partial charge in [0.05, 0.1) is 15.9 Å². The van der Waals surface area contributed by atoms with Gasteiger partial charge in [-0.05, 0) is 34.1 Å². The van der Waals surface area contributed by atoms with E-state index in [0.717, 1.165) is 14.7 Å². The fraction of sp³-hybridized carbons (Fsp3) is 0.0909. The van der Waals surface area contributed by atoms with Crippen molar-refractivity contribution in [3.8, 4) is 0 Å². The molecule has 0 saturated heterocycles. The highest BCUT2D eigenvalue weighted by atomic mass is 79.9. The number of halogens is 1. The van der Waals surface area contributed by atoms with Crippen LogP contribution in [0.3, 0.4) is 0 Å². The van der Waals surface area contributed by atoms with Crippen molar-refractivity contribution < 1.29 is 9.90 Å². The largest absolute Gasteiger partial charge is 0.478 e. The molecule has 6 heteroatoms. The summed E-state index contributed by atoms with van der Waals surface area (Å²) in [6, 6.07) is 6.39. The van der Waals surface area contributed by atoms with Crippen molar-refractivity contribution in [3.05, 3.63) is 55.0 Å². The Labute approximate surface area is 109 Å². The molecule has 0 bridgehead atoms. The summed E-state index contributed by atoms with van der Waals surface area (Å²) in [5, 5.41) is 8.74. The van der Waals surface area contributed by atoms with E-state index in [4.69, 9.17) is 5.11 Å². The molecule has 2 aromatic rings.